The average molecular weight is 261 g/mol. The maximum absolute atomic E-state index is 11.8. The van der Waals surface area contributed by atoms with Gasteiger partial charge in [0.25, 0.3) is 0 Å². The molecule has 0 spiro atoms. The summed E-state index contributed by atoms with van der Waals surface area (Å²) in [5.74, 6) is 0.644. The van der Waals surface area contributed by atoms with Gasteiger partial charge in [-0.15, -0.1) is 0 Å². The molecule has 0 saturated carbocycles. The fraction of sp³-hybridized carbons (Fsp3) is 0.133. The second kappa shape index (κ2) is 5.69. The van der Waals surface area contributed by atoms with E-state index in [4.69, 9.17) is 16.3 Å². The van der Waals surface area contributed by atoms with Crippen LogP contribution in [0, 0.1) is 6.92 Å². The summed E-state index contributed by atoms with van der Waals surface area (Å²) in [4.78, 5) is 11.8. The van der Waals surface area contributed by atoms with Gasteiger partial charge in [-0.1, -0.05) is 23.7 Å². The third kappa shape index (κ3) is 3.34. The van der Waals surface area contributed by atoms with E-state index in [1.54, 1.807) is 24.3 Å². The van der Waals surface area contributed by atoms with Crippen molar-refractivity contribution in [1.29, 1.82) is 0 Å². The molecule has 92 valence electrons. The summed E-state index contributed by atoms with van der Waals surface area (Å²) in [6.07, 6.45) is 0. The van der Waals surface area contributed by atoms with E-state index in [1.165, 1.54) is 0 Å². The Morgan fingerprint density at radius 2 is 1.89 bits per heavy atom. The van der Waals surface area contributed by atoms with Crippen LogP contribution in [-0.2, 0) is 0 Å². The zero-order valence-corrected chi connectivity index (χ0v) is 10.8. The molecule has 3 heteroatoms. The molecular weight excluding hydrogens is 248 g/mol. The lowest BCUT2D eigenvalue weighted by Crippen LogP contribution is -2.11. The number of carbonyl (C=O) groups is 1. The Morgan fingerprint density at radius 1 is 1.17 bits per heavy atom. The van der Waals surface area contributed by atoms with Gasteiger partial charge in [0.2, 0.25) is 0 Å². The monoisotopic (exact) mass is 260 g/mol. The van der Waals surface area contributed by atoms with Crippen molar-refractivity contribution in [1.82, 2.24) is 0 Å². The van der Waals surface area contributed by atoms with Crippen LogP contribution >= 0.6 is 11.6 Å². The Hall–Kier alpha value is -1.80. The van der Waals surface area contributed by atoms with E-state index >= 15 is 0 Å². The second-order valence-corrected chi connectivity index (χ2v) is 4.47. The van der Waals surface area contributed by atoms with Gasteiger partial charge >= 0.3 is 0 Å². The Labute approximate surface area is 111 Å². The highest BCUT2D eigenvalue weighted by atomic mass is 35.5. The first-order valence-corrected chi connectivity index (χ1v) is 6.01. The standard InChI is InChI=1S/C15H13ClO2/c1-11-3-2-4-14(9-11)18-10-15(17)12-5-7-13(16)8-6-12/h2-9H,10H2,1H3. The topological polar surface area (TPSA) is 26.3 Å². The number of hydrogen-bond donors (Lipinski definition) is 0. The van der Waals surface area contributed by atoms with Gasteiger partial charge in [-0.3, -0.25) is 4.79 Å². The predicted molar refractivity (Wildman–Crippen MR) is 72.5 cm³/mol. The molecule has 0 bridgehead atoms. The number of rotatable bonds is 4. The molecule has 18 heavy (non-hydrogen) atoms. The van der Waals surface area contributed by atoms with Crippen molar-refractivity contribution in [2.45, 2.75) is 6.92 Å². The third-order valence-electron chi connectivity index (χ3n) is 2.53. The molecule has 0 atom stereocenters. The number of ketones is 1. The van der Waals surface area contributed by atoms with E-state index in [9.17, 15) is 4.79 Å². The average Bonchev–Trinajstić information content (AvgIpc) is 2.37. The van der Waals surface area contributed by atoms with Crippen molar-refractivity contribution in [3.8, 4) is 5.75 Å². The Bertz CT molecular complexity index is 547. The van der Waals surface area contributed by atoms with E-state index in [0.29, 0.717) is 16.3 Å². The molecule has 0 aromatic heterocycles. The first-order valence-electron chi connectivity index (χ1n) is 5.63. The predicted octanol–water partition coefficient (Wildman–Crippen LogP) is 3.91. The van der Waals surface area contributed by atoms with Crippen molar-refractivity contribution in [2.24, 2.45) is 0 Å². The molecule has 0 aliphatic carbocycles. The van der Waals surface area contributed by atoms with Crippen molar-refractivity contribution in [2.75, 3.05) is 6.61 Å². The lowest BCUT2D eigenvalue weighted by molar-refractivity contribution is 0.0921. The molecule has 0 unspecified atom stereocenters. The molecule has 0 N–H and O–H groups in total. The highest BCUT2D eigenvalue weighted by molar-refractivity contribution is 6.30. The molecule has 2 nitrogen and oxygen atoms in total. The Kier molecular flexibility index (Phi) is 4.00. The molecule has 2 rings (SSSR count). The first-order chi connectivity index (χ1) is 8.65. The SMILES string of the molecule is Cc1cccc(OCC(=O)c2ccc(Cl)cc2)c1. The highest BCUT2D eigenvalue weighted by Gasteiger charge is 2.06. The van der Waals surface area contributed by atoms with Crippen LogP contribution in [0.25, 0.3) is 0 Å². The molecule has 0 aliphatic rings. The molecule has 0 saturated heterocycles. The van der Waals surface area contributed by atoms with Crippen LogP contribution in [-0.4, -0.2) is 12.4 Å². The minimum absolute atomic E-state index is 0.0328. The van der Waals surface area contributed by atoms with Crippen molar-refractivity contribution in [3.63, 3.8) is 0 Å². The van der Waals surface area contributed by atoms with Crippen molar-refractivity contribution in [3.05, 3.63) is 64.7 Å². The quantitative estimate of drug-likeness (QED) is 0.779. The van der Waals surface area contributed by atoms with E-state index < -0.39 is 0 Å². The molecule has 2 aromatic carbocycles. The van der Waals surface area contributed by atoms with Gasteiger partial charge < -0.3 is 4.74 Å². The van der Waals surface area contributed by atoms with Gasteiger partial charge in [-0.2, -0.15) is 0 Å². The summed E-state index contributed by atoms with van der Waals surface area (Å²) in [5.41, 5.74) is 1.71. The Balaban J connectivity index is 1.98. The number of aryl methyl sites for hydroxylation is 1. The summed E-state index contributed by atoms with van der Waals surface area (Å²) in [5, 5.41) is 0.617. The van der Waals surface area contributed by atoms with Crippen LogP contribution in [0.2, 0.25) is 5.02 Å². The molecule has 0 radical (unpaired) electrons. The second-order valence-electron chi connectivity index (χ2n) is 4.04. The normalized spacial score (nSPS) is 10.1. The summed E-state index contributed by atoms with van der Waals surface area (Å²) < 4.78 is 5.45. The highest BCUT2D eigenvalue weighted by Crippen LogP contribution is 2.14. The maximum atomic E-state index is 11.8. The lowest BCUT2D eigenvalue weighted by atomic mass is 10.1. The van der Waals surface area contributed by atoms with Crippen LogP contribution in [0.15, 0.2) is 48.5 Å². The van der Waals surface area contributed by atoms with Crippen molar-refractivity contribution >= 4 is 17.4 Å². The van der Waals surface area contributed by atoms with Crippen LogP contribution < -0.4 is 4.74 Å². The zero-order valence-electron chi connectivity index (χ0n) is 10.0. The fourth-order valence-electron chi connectivity index (χ4n) is 1.57. The molecule has 0 aliphatic heterocycles. The number of benzene rings is 2. The molecule has 2 aromatic rings. The lowest BCUT2D eigenvalue weighted by Gasteiger charge is -2.06. The summed E-state index contributed by atoms with van der Waals surface area (Å²) in [6, 6.07) is 14.4. The maximum Gasteiger partial charge on any atom is 0.200 e. The smallest absolute Gasteiger partial charge is 0.200 e. The third-order valence-corrected chi connectivity index (χ3v) is 2.78. The van der Waals surface area contributed by atoms with E-state index in [2.05, 4.69) is 0 Å². The number of Topliss-reactive ketones (excluding diaryl/α,β-unsaturated/α-hetero) is 1. The molecule has 0 amide bonds. The summed E-state index contributed by atoms with van der Waals surface area (Å²) >= 11 is 5.76. The van der Waals surface area contributed by atoms with Gasteiger partial charge in [0.1, 0.15) is 5.75 Å². The minimum atomic E-state index is -0.0619. The van der Waals surface area contributed by atoms with Crippen LogP contribution in [0.3, 0.4) is 0 Å². The van der Waals surface area contributed by atoms with Gasteiger partial charge in [0.05, 0.1) is 0 Å². The number of carbonyl (C=O) groups excluding carboxylic acids is 1. The van der Waals surface area contributed by atoms with Gasteiger partial charge in [-0.25, -0.2) is 0 Å². The van der Waals surface area contributed by atoms with Crippen molar-refractivity contribution < 1.29 is 9.53 Å². The van der Waals surface area contributed by atoms with Crippen LogP contribution in [0.5, 0.6) is 5.75 Å². The van der Waals surface area contributed by atoms with E-state index in [0.717, 1.165) is 5.56 Å². The van der Waals surface area contributed by atoms with Gasteiger partial charge in [-0.05, 0) is 48.9 Å². The summed E-state index contributed by atoms with van der Waals surface area (Å²) in [7, 11) is 0. The van der Waals surface area contributed by atoms with E-state index in [1.807, 2.05) is 31.2 Å². The summed E-state index contributed by atoms with van der Waals surface area (Å²) in [6.45, 7) is 2.01. The van der Waals surface area contributed by atoms with Gasteiger partial charge in [0, 0.05) is 10.6 Å². The van der Waals surface area contributed by atoms with Crippen LogP contribution in [0.4, 0.5) is 0 Å². The number of ether oxygens (including phenoxy) is 1. The Morgan fingerprint density at radius 3 is 2.56 bits per heavy atom. The number of halogens is 1. The largest absolute Gasteiger partial charge is 0.485 e. The molecule has 0 heterocycles. The fourth-order valence-corrected chi connectivity index (χ4v) is 1.70. The van der Waals surface area contributed by atoms with Crippen LogP contribution in [0.1, 0.15) is 15.9 Å². The minimum Gasteiger partial charge on any atom is -0.485 e. The molecular formula is C15H13ClO2. The van der Waals surface area contributed by atoms with Gasteiger partial charge in [0.15, 0.2) is 12.4 Å². The molecule has 0 fully saturated rings. The van der Waals surface area contributed by atoms with E-state index in [-0.39, 0.29) is 12.4 Å². The first kappa shape index (κ1) is 12.7. The zero-order chi connectivity index (χ0) is 13.0. The number of hydrogen-bond acceptors (Lipinski definition) is 2.